The van der Waals surface area contributed by atoms with E-state index < -0.39 is 0 Å². The first-order chi connectivity index (χ1) is 6.63. The summed E-state index contributed by atoms with van der Waals surface area (Å²) in [5.74, 6) is 0. The molecule has 2 N–H and O–H groups in total. The molecule has 0 heterocycles. The van der Waals surface area contributed by atoms with Crippen LogP contribution in [0.15, 0.2) is 12.2 Å². The van der Waals surface area contributed by atoms with Crippen LogP contribution in [-0.4, -0.2) is 44.3 Å². The minimum absolute atomic E-state index is 0.189. The summed E-state index contributed by atoms with van der Waals surface area (Å²) in [6.45, 7) is 11.8. The molecule has 0 radical (unpaired) electrons. The van der Waals surface area contributed by atoms with Gasteiger partial charge in [0.2, 0.25) is 0 Å². The van der Waals surface area contributed by atoms with Crippen LogP contribution in [0.25, 0.3) is 0 Å². The van der Waals surface area contributed by atoms with E-state index in [2.05, 4.69) is 25.3 Å². The second kappa shape index (κ2) is 7.97. The van der Waals surface area contributed by atoms with Gasteiger partial charge in [0.15, 0.2) is 0 Å². The summed E-state index contributed by atoms with van der Waals surface area (Å²) in [4.78, 5) is 2.35. The molecule has 0 saturated heterocycles. The molecule has 84 valence electrons. The van der Waals surface area contributed by atoms with E-state index in [0.29, 0.717) is 6.54 Å². The van der Waals surface area contributed by atoms with Crippen molar-refractivity contribution >= 4 is 0 Å². The molecule has 0 saturated carbocycles. The van der Waals surface area contributed by atoms with E-state index in [9.17, 15) is 0 Å². The van der Waals surface area contributed by atoms with Crippen molar-refractivity contribution < 1.29 is 4.74 Å². The molecule has 0 bridgehead atoms. The third-order valence-corrected chi connectivity index (χ3v) is 2.30. The van der Waals surface area contributed by atoms with Gasteiger partial charge in [-0.15, -0.1) is 0 Å². The summed E-state index contributed by atoms with van der Waals surface area (Å²) >= 11 is 0. The minimum atomic E-state index is 0.189. The van der Waals surface area contributed by atoms with Gasteiger partial charge >= 0.3 is 0 Å². The summed E-state index contributed by atoms with van der Waals surface area (Å²) < 4.78 is 5.23. The Morgan fingerprint density at radius 3 is 2.57 bits per heavy atom. The molecule has 0 aliphatic carbocycles. The van der Waals surface area contributed by atoms with Crippen LogP contribution in [0, 0.1) is 0 Å². The van der Waals surface area contributed by atoms with Crippen LogP contribution in [0.1, 0.15) is 20.3 Å². The number of ether oxygens (including phenoxy) is 1. The zero-order chi connectivity index (χ0) is 11.0. The molecule has 0 fully saturated rings. The summed E-state index contributed by atoms with van der Waals surface area (Å²) in [6.07, 6.45) is 1.18. The molecule has 3 heteroatoms. The van der Waals surface area contributed by atoms with Crippen molar-refractivity contribution in [3.8, 4) is 0 Å². The van der Waals surface area contributed by atoms with Crippen molar-refractivity contribution in [1.82, 2.24) is 4.90 Å². The average Bonchev–Trinajstić information content (AvgIpc) is 2.17. The van der Waals surface area contributed by atoms with Crippen molar-refractivity contribution in [2.45, 2.75) is 26.4 Å². The van der Waals surface area contributed by atoms with Gasteiger partial charge in [0.1, 0.15) is 0 Å². The summed E-state index contributed by atoms with van der Waals surface area (Å²) in [6, 6.07) is 0. The third kappa shape index (κ3) is 6.13. The van der Waals surface area contributed by atoms with Gasteiger partial charge in [-0.25, -0.2) is 0 Å². The van der Waals surface area contributed by atoms with Crippen molar-refractivity contribution in [2.75, 3.05) is 33.3 Å². The summed E-state index contributed by atoms with van der Waals surface area (Å²) in [5, 5.41) is 0. The predicted octanol–water partition coefficient (Wildman–Crippen LogP) is 1.25. The van der Waals surface area contributed by atoms with Crippen molar-refractivity contribution in [2.24, 2.45) is 5.73 Å². The molecule has 1 unspecified atom stereocenters. The fourth-order valence-electron chi connectivity index (χ4n) is 1.39. The number of hydrogen-bond donors (Lipinski definition) is 1. The van der Waals surface area contributed by atoms with Crippen LogP contribution < -0.4 is 5.73 Å². The summed E-state index contributed by atoms with van der Waals surface area (Å²) in [7, 11) is 1.71. The van der Waals surface area contributed by atoms with E-state index in [0.717, 1.165) is 26.1 Å². The van der Waals surface area contributed by atoms with Crippen LogP contribution in [0.3, 0.4) is 0 Å². The minimum Gasteiger partial charge on any atom is -0.380 e. The number of rotatable bonds is 8. The van der Waals surface area contributed by atoms with Gasteiger partial charge in [0.05, 0.1) is 6.10 Å². The van der Waals surface area contributed by atoms with E-state index in [4.69, 9.17) is 10.5 Å². The van der Waals surface area contributed by atoms with Crippen LogP contribution in [0.4, 0.5) is 0 Å². The normalized spacial score (nSPS) is 13.2. The zero-order valence-electron chi connectivity index (χ0n) is 9.75. The molecule has 0 aliphatic rings. The largest absolute Gasteiger partial charge is 0.380 e. The average molecular weight is 200 g/mol. The monoisotopic (exact) mass is 200 g/mol. The molecule has 14 heavy (non-hydrogen) atoms. The highest BCUT2D eigenvalue weighted by molar-refractivity contribution is 4.91. The van der Waals surface area contributed by atoms with E-state index in [1.165, 1.54) is 5.57 Å². The van der Waals surface area contributed by atoms with Crippen LogP contribution in [0.5, 0.6) is 0 Å². The lowest BCUT2D eigenvalue weighted by molar-refractivity contribution is 0.0913. The first kappa shape index (κ1) is 13.6. The fraction of sp³-hybridized carbons (Fsp3) is 0.818. The summed E-state index contributed by atoms with van der Waals surface area (Å²) in [5.41, 5.74) is 6.75. The molecule has 0 spiro atoms. The van der Waals surface area contributed by atoms with Gasteiger partial charge in [-0.2, -0.15) is 0 Å². The molecular weight excluding hydrogens is 176 g/mol. The van der Waals surface area contributed by atoms with Crippen molar-refractivity contribution in [3.63, 3.8) is 0 Å². The highest BCUT2D eigenvalue weighted by Gasteiger charge is 2.08. The SMILES string of the molecule is C=C(C)CN(CC)CCC(CN)OC. The number of nitrogens with two attached hydrogens (primary N) is 1. The van der Waals surface area contributed by atoms with Gasteiger partial charge in [-0.05, 0) is 19.9 Å². The lowest BCUT2D eigenvalue weighted by atomic mass is 10.2. The molecule has 0 aromatic heterocycles. The Bertz CT molecular complexity index is 155. The second-order valence-corrected chi connectivity index (χ2v) is 3.71. The standard InChI is InChI=1S/C11H24N2O/c1-5-13(9-10(2)3)7-6-11(8-12)14-4/h11H,2,5-9,12H2,1,3-4H3. The van der Waals surface area contributed by atoms with Crippen LogP contribution in [-0.2, 0) is 4.74 Å². The van der Waals surface area contributed by atoms with Gasteiger partial charge < -0.3 is 10.5 Å². The Kier molecular flexibility index (Phi) is 7.76. The first-order valence-corrected chi connectivity index (χ1v) is 5.23. The third-order valence-electron chi connectivity index (χ3n) is 2.30. The van der Waals surface area contributed by atoms with Crippen molar-refractivity contribution in [1.29, 1.82) is 0 Å². The number of nitrogens with zero attached hydrogens (tertiary/aromatic N) is 1. The van der Waals surface area contributed by atoms with Gasteiger partial charge in [-0.1, -0.05) is 19.1 Å². The Morgan fingerprint density at radius 2 is 2.21 bits per heavy atom. The molecular formula is C11H24N2O. The van der Waals surface area contributed by atoms with Crippen LogP contribution >= 0.6 is 0 Å². The maximum absolute atomic E-state index is 5.55. The maximum Gasteiger partial charge on any atom is 0.0705 e. The number of likely N-dealkylation sites (N-methyl/N-ethyl adjacent to an activating group) is 1. The van der Waals surface area contributed by atoms with E-state index in [1.54, 1.807) is 7.11 Å². The fourth-order valence-corrected chi connectivity index (χ4v) is 1.39. The Morgan fingerprint density at radius 1 is 1.57 bits per heavy atom. The zero-order valence-corrected chi connectivity index (χ0v) is 9.75. The molecule has 0 aliphatic heterocycles. The Hall–Kier alpha value is -0.380. The Labute approximate surface area is 87.9 Å². The molecule has 0 aromatic carbocycles. The number of hydrogen-bond acceptors (Lipinski definition) is 3. The highest BCUT2D eigenvalue weighted by atomic mass is 16.5. The molecule has 0 amide bonds. The molecule has 0 aromatic rings. The lowest BCUT2D eigenvalue weighted by Gasteiger charge is -2.22. The van der Waals surface area contributed by atoms with Crippen LogP contribution in [0.2, 0.25) is 0 Å². The second-order valence-electron chi connectivity index (χ2n) is 3.71. The molecule has 0 rings (SSSR count). The van der Waals surface area contributed by atoms with Crippen molar-refractivity contribution in [3.05, 3.63) is 12.2 Å². The van der Waals surface area contributed by atoms with E-state index >= 15 is 0 Å². The first-order valence-electron chi connectivity index (χ1n) is 5.23. The quantitative estimate of drug-likeness (QED) is 0.599. The van der Waals surface area contributed by atoms with E-state index in [1.807, 2.05) is 0 Å². The Balaban J connectivity index is 3.76. The highest BCUT2D eigenvalue weighted by Crippen LogP contribution is 2.01. The lowest BCUT2D eigenvalue weighted by Crippen LogP contribution is -2.31. The molecule has 3 nitrogen and oxygen atoms in total. The van der Waals surface area contributed by atoms with Gasteiger partial charge in [0.25, 0.3) is 0 Å². The van der Waals surface area contributed by atoms with Gasteiger partial charge in [-0.3, -0.25) is 4.90 Å². The topological polar surface area (TPSA) is 38.5 Å². The predicted molar refractivity (Wildman–Crippen MR) is 61.4 cm³/mol. The smallest absolute Gasteiger partial charge is 0.0705 e. The van der Waals surface area contributed by atoms with Gasteiger partial charge in [0, 0.05) is 26.7 Å². The number of methoxy groups -OCH3 is 1. The van der Waals surface area contributed by atoms with E-state index in [-0.39, 0.29) is 6.10 Å². The maximum atomic E-state index is 5.55. The molecule has 1 atom stereocenters.